The van der Waals surface area contributed by atoms with Gasteiger partial charge in [0.05, 0.1) is 17.9 Å². The maximum Gasteiger partial charge on any atom is 0.238 e. The highest BCUT2D eigenvalue weighted by atomic mass is 16.2. The van der Waals surface area contributed by atoms with Gasteiger partial charge in [0.15, 0.2) is 0 Å². The Morgan fingerprint density at radius 2 is 2.11 bits per heavy atom. The van der Waals surface area contributed by atoms with Crippen molar-refractivity contribution in [3.8, 4) is 0 Å². The fourth-order valence-corrected chi connectivity index (χ4v) is 2.07. The third-order valence-corrected chi connectivity index (χ3v) is 3.01. The van der Waals surface area contributed by atoms with Gasteiger partial charge in [-0.3, -0.25) is 9.69 Å². The Bertz CT molecular complexity index is 409. The van der Waals surface area contributed by atoms with Crippen LogP contribution >= 0.6 is 0 Å². The third kappa shape index (κ3) is 4.91. The topological polar surface area (TPSA) is 58.4 Å². The average Bonchev–Trinajstić information content (AvgIpc) is 2.32. The van der Waals surface area contributed by atoms with E-state index < -0.39 is 0 Å². The molecule has 0 radical (unpaired) electrons. The number of nitrogen functional groups attached to an aromatic ring is 1. The monoisotopic (exact) mass is 263 g/mol. The van der Waals surface area contributed by atoms with Crippen molar-refractivity contribution >= 4 is 17.3 Å². The van der Waals surface area contributed by atoms with E-state index in [0.29, 0.717) is 18.2 Å². The largest absolute Gasteiger partial charge is 0.397 e. The van der Waals surface area contributed by atoms with Crippen molar-refractivity contribution in [2.45, 2.75) is 27.7 Å². The van der Waals surface area contributed by atoms with Crippen LogP contribution in [-0.4, -0.2) is 30.4 Å². The van der Waals surface area contributed by atoms with Crippen molar-refractivity contribution in [1.82, 2.24) is 4.90 Å². The predicted octanol–water partition coefficient (Wildman–Crippen LogP) is 2.49. The minimum atomic E-state index is -0.0106. The summed E-state index contributed by atoms with van der Waals surface area (Å²) in [6, 6.07) is 5.63. The zero-order valence-corrected chi connectivity index (χ0v) is 12.4. The normalized spacial score (nSPS) is 11.1. The smallest absolute Gasteiger partial charge is 0.238 e. The standard InChI is InChI=1S/C15H25N3O/c1-5-18(9-11(2)3)10-14(19)17-15-12(4)7-6-8-13(15)16/h6-8,11H,5,9-10,16H2,1-4H3,(H,17,19). The van der Waals surface area contributed by atoms with Crippen molar-refractivity contribution in [3.63, 3.8) is 0 Å². The zero-order valence-electron chi connectivity index (χ0n) is 12.4. The number of nitrogens with two attached hydrogens (primary N) is 1. The van der Waals surface area contributed by atoms with E-state index in [1.165, 1.54) is 0 Å². The number of amides is 1. The molecule has 1 amide bonds. The molecule has 0 aliphatic carbocycles. The summed E-state index contributed by atoms with van der Waals surface area (Å²) in [7, 11) is 0. The van der Waals surface area contributed by atoms with Gasteiger partial charge in [-0.05, 0) is 31.0 Å². The first kappa shape index (κ1) is 15.5. The van der Waals surface area contributed by atoms with Crippen LogP contribution in [0.1, 0.15) is 26.3 Å². The van der Waals surface area contributed by atoms with Gasteiger partial charge in [-0.15, -0.1) is 0 Å². The highest BCUT2D eigenvalue weighted by molar-refractivity contribution is 5.96. The van der Waals surface area contributed by atoms with Gasteiger partial charge in [0.25, 0.3) is 0 Å². The number of hydrogen-bond acceptors (Lipinski definition) is 3. The lowest BCUT2D eigenvalue weighted by molar-refractivity contribution is -0.117. The van der Waals surface area contributed by atoms with Crippen molar-refractivity contribution in [2.24, 2.45) is 5.92 Å². The van der Waals surface area contributed by atoms with E-state index in [-0.39, 0.29) is 5.91 Å². The van der Waals surface area contributed by atoms with E-state index >= 15 is 0 Å². The number of nitrogens with zero attached hydrogens (tertiary/aromatic N) is 1. The maximum absolute atomic E-state index is 12.1. The molecule has 0 bridgehead atoms. The lowest BCUT2D eigenvalue weighted by atomic mass is 10.1. The predicted molar refractivity (Wildman–Crippen MR) is 81.2 cm³/mol. The fraction of sp³-hybridized carbons (Fsp3) is 0.533. The molecule has 3 N–H and O–H groups in total. The number of nitrogens with one attached hydrogen (secondary N) is 1. The summed E-state index contributed by atoms with van der Waals surface area (Å²) < 4.78 is 0. The second-order valence-electron chi connectivity index (χ2n) is 5.31. The van der Waals surface area contributed by atoms with Crippen molar-refractivity contribution < 1.29 is 4.79 Å². The Labute approximate surface area is 116 Å². The van der Waals surface area contributed by atoms with E-state index in [9.17, 15) is 4.79 Å². The van der Waals surface area contributed by atoms with Crippen LogP contribution in [0.25, 0.3) is 0 Å². The molecule has 0 aromatic heterocycles. The number of aryl methyl sites for hydroxylation is 1. The molecule has 0 aliphatic heterocycles. The molecule has 1 aromatic carbocycles. The Morgan fingerprint density at radius 1 is 1.42 bits per heavy atom. The van der Waals surface area contributed by atoms with Gasteiger partial charge in [-0.1, -0.05) is 32.9 Å². The van der Waals surface area contributed by atoms with Crippen molar-refractivity contribution in [2.75, 3.05) is 30.7 Å². The molecule has 0 saturated carbocycles. The molecule has 0 fully saturated rings. The molecule has 0 unspecified atom stereocenters. The molecule has 0 aliphatic rings. The number of rotatable bonds is 6. The Balaban J connectivity index is 2.64. The zero-order chi connectivity index (χ0) is 14.4. The van der Waals surface area contributed by atoms with Crippen LogP contribution in [0.15, 0.2) is 18.2 Å². The van der Waals surface area contributed by atoms with E-state index in [1.54, 1.807) is 6.07 Å². The summed E-state index contributed by atoms with van der Waals surface area (Å²) in [6.07, 6.45) is 0. The molecule has 106 valence electrons. The molecule has 0 heterocycles. The second kappa shape index (κ2) is 7.14. The van der Waals surface area contributed by atoms with E-state index in [4.69, 9.17) is 5.73 Å². The Morgan fingerprint density at radius 3 is 2.63 bits per heavy atom. The molecule has 1 aromatic rings. The van der Waals surface area contributed by atoms with Gasteiger partial charge in [-0.2, -0.15) is 0 Å². The second-order valence-corrected chi connectivity index (χ2v) is 5.31. The van der Waals surface area contributed by atoms with Crippen LogP contribution in [0.3, 0.4) is 0 Å². The molecule has 0 atom stereocenters. The molecule has 0 spiro atoms. The molecular weight excluding hydrogens is 238 g/mol. The van der Waals surface area contributed by atoms with Crippen LogP contribution in [-0.2, 0) is 4.79 Å². The van der Waals surface area contributed by atoms with Crippen LogP contribution in [0, 0.1) is 12.8 Å². The van der Waals surface area contributed by atoms with Crippen molar-refractivity contribution in [3.05, 3.63) is 23.8 Å². The number of para-hydroxylation sites is 1. The number of anilines is 2. The van der Waals surface area contributed by atoms with Crippen LogP contribution < -0.4 is 11.1 Å². The summed E-state index contributed by atoms with van der Waals surface area (Å²) in [5.74, 6) is 0.541. The van der Waals surface area contributed by atoms with Gasteiger partial charge in [-0.25, -0.2) is 0 Å². The first-order chi connectivity index (χ1) is 8.93. The lowest BCUT2D eigenvalue weighted by Crippen LogP contribution is -2.35. The minimum absolute atomic E-state index is 0.0106. The quantitative estimate of drug-likeness (QED) is 0.775. The first-order valence-corrected chi connectivity index (χ1v) is 6.81. The Hall–Kier alpha value is -1.55. The summed E-state index contributed by atoms with van der Waals surface area (Å²) in [5.41, 5.74) is 8.21. The lowest BCUT2D eigenvalue weighted by Gasteiger charge is -2.22. The highest BCUT2D eigenvalue weighted by Gasteiger charge is 2.12. The SMILES string of the molecule is CCN(CC(=O)Nc1c(C)cccc1N)CC(C)C. The van der Waals surface area contributed by atoms with Gasteiger partial charge in [0.2, 0.25) is 5.91 Å². The summed E-state index contributed by atoms with van der Waals surface area (Å²) in [5, 5.41) is 2.91. The summed E-state index contributed by atoms with van der Waals surface area (Å²) >= 11 is 0. The van der Waals surface area contributed by atoms with Crippen LogP contribution in [0.4, 0.5) is 11.4 Å². The van der Waals surface area contributed by atoms with Gasteiger partial charge in [0.1, 0.15) is 0 Å². The average molecular weight is 263 g/mol. The Kier molecular flexibility index (Phi) is 5.83. The van der Waals surface area contributed by atoms with Crippen molar-refractivity contribution in [1.29, 1.82) is 0 Å². The minimum Gasteiger partial charge on any atom is -0.397 e. The van der Waals surface area contributed by atoms with Crippen LogP contribution in [0.2, 0.25) is 0 Å². The van der Waals surface area contributed by atoms with E-state index in [1.807, 2.05) is 19.1 Å². The number of carbonyl (C=O) groups is 1. The van der Waals surface area contributed by atoms with E-state index in [0.717, 1.165) is 24.3 Å². The molecule has 4 heteroatoms. The molecule has 1 rings (SSSR count). The summed E-state index contributed by atoms with van der Waals surface area (Å²) in [4.78, 5) is 14.2. The number of likely N-dealkylation sites (N-methyl/N-ethyl adjacent to an activating group) is 1. The first-order valence-electron chi connectivity index (χ1n) is 6.81. The van der Waals surface area contributed by atoms with Crippen LogP contribution in [0.5, 0.6) is 0 Å². The molecule has 0 saturated heterocycles. The third-order valence-electron chi connectivity index (χ3n) is 3.01. The number of benzene rings is 1. The maximum atomic E-state index is 12.1. The van der Waals surface area contributed by atoms with Gasteiger partial charge < -0.3 is 11.1 Å². The number of carbonyl (C=O) groups excluding carboxylic acids is 1. The van der Waals surface area contributed by atoms with E-state index in [2.05, 4.69) is 31.0 Å². The molecule has 4 nitrogen and oxygen atoms in total. The molecule has 19 heavy (non-hydrogen) atoms. The fourth-order valence-electron chi connectivity index (χ4n) is 2.07. The molecular formula is C15H25N3O. The highest BCUT2D eigenvalue weighted by Crippen LogP contribution is 2.22. The van der Waals surface area contributed by atoms with Gasteiger partial charge >= 0.3 is 0 Å². The number of hydrogen-bond donors (Lipinski definition) is 2. The summed E-state index contributed by atoms with van der Waals surface area (Å²) in [6.45, 7) is 10.5. The van der Waals surface area contributed by atoms with Gasteiger partial charge in [0, 0.05) is 6.54 Å².